The molecule has 1 heterocycles. The Labute approximate surface area is 107 Å². The lowest BCUT2D eigenvalue weighted by Crippen LogP contribution is -2.22. The second kappa shape index (κ2) is 6.77. The first-order valence-corrected chi connectivity index (χ1v) is 9.95. The summed E-state index contributed by atoms with van der Waals surface area (Å²) in [6.45, 7) is 8.72. The van der Waals surface area contributed by atoms with E-state index < -0.39 is 8.07 Å². The molecule has 5 heteroatoms. The summed E-state index contributed by atoms with van der Waals surface area (Å²) < 4.78 is 16.0. The van der Waals surface area contributed by atoms with Crippen molar-refractivity contribution in [3.8, 4) is 10.8 Å². The average molecular weight is 307 g/mol. The van der Waals surface area contributed by atoms with E-state index in [9.17, 15) is 0 Å². The van der Waals surface area contributed by atoms with Crippen LogP contribution in [0.15, 0.2) is 0 Å². The third-order valence-corrected chi connectivity index (χ3v) is 4.16. The van der Waals surface area contributed by atoms with Crippen LogP contribution in [0.4, 0.5) is 0 Å². The van der Waals surface area contributed by atoms with Gasteiger partial charge in [-0.3, -0.25) is 0 Å². The topological polar surface area (TPSA) is 31.0 Å². The van der Waals surface area contributed by atoms with Gasteiger partial charge in [-0.2, -0.15) is 0 Å². The molecule has 1 aliphatic heterocycles. The van der Waals surface area contributed by atoms with Gasteiger partial charge in [0.1, 0.15) is 19.0 Å². The molecule has 1 fully saturated rings. The van der Waals surface area contributed by atoms with Crippen molar-refractivity contribution in [2.45, 2.75) is 37.9 Å². The van der Waals surface area contributed by atoms with Gasteiger partial charge in [0.05, 0.1) is 6.61 Å². The van der Waals surface area contributed by atoms with Crippen LogP contribution in [0.1, 0.15) is 0 Å². The maximum absolute atomic E-state index is 5.39. The molecule has 0 aromatic heterocycles. The van der Waals surface area contributed by atoms with Gasteiger partial charge in [0.25, 0.3) is 0 Å². The van der Waals surface area contributed by atoms with Gasteiger partial charge in [0.2, 0.25) is 0 Å². The van der Waals surface area contributed by atoms with E-state index in [0.29, 0.717) is 13.4 Å². The Morgan fingerprint density at radius 2 is 2.06 bits per heavy atom. The van der Waals surface area contributed by atoms with Crippen molar-refractivity contribution in [1.82, 2.24) is 0 Å². The molecule has 2 unspecified atom stereocenters. The molecular weight excluding hydrogens is 288 g/mol. The smallest absolute Gasteiger partial charge is 0.148 e. The SMILES string of the molecule is C[Si](C)(C)CCOCOCC1OC1C#CBr. The van der Waals surface area contributed by atoms with Crippen LogP contribution < -0.4 is 0 Å². The molecule has 0 N–H and O–H groups in total. The van der Waals surface area contributed by atoms with E-state index in [0.717, 1.165) is 6.61 Å². The van der Waals surface area contributed by atoms with E-state index in [4.69, 9.17) is 14.2 Å². The molecule has 1 rings (SSSR count). The van der Waals surface area contributed by atoms with E-state index in [-0.39, 0.29) is 12.2 Å². The minimum Gasteiger partial charge on any atom is -0.356 e. The maximum atomic E-state index is 5.39. The molecule has 16 heavy (non-hydrogen) atoms. The molecule has 0 amide bonds. The molecule has 0 aliphatic carbocycles. The standard InChI is InChI=1S/C11H19BrO3Si/c1-16(2,3)7-6-13-9-14-8-11-10(15-11)4-5-12/h10-11H,6-9H2,1-3H3. The molecule has 0 aromatic carbocycles. The van der Waals surface area contributed by atoms with E-state index >= 15 is 0 Å². The van der Waals surface area contributed by atoms with Gasteiger partial charge in [-0.25, -0.2) is 0 Å². The molecule has 0 aromatic rings. The van der Waals surface area contributed by atoms with Crippen LogP contribution in [0.2, 0.25) is 25.7 Å². The van der Waals surface area contributed by atoms with Gasteiger partial charge < -0.3 is 14.2 Å². The monoisotopic (exact) mass is 306 g/mol. The Bertz CT molecular complexity index is 267. The van der Waals surface area contributed by atoms with Crippen molar-refractivity contribution >= 4 is 24.0 Å². The maximum Gasteiger partial charge on any atom is 0.148 e. The molecule has 3 nitrogen and oxygen atoms in total. The van der Waals surface area contributed by atoms with Gasteiger partial charge in [0, 0.05) is 30.6 Å². The minimum atomic E-state index is -0.977. The number of halogens is 1. The molecule has 0 bridgehead atoms. The highest BCUT2D eigenvalue weighted by molar-refractivity contribution is 9.12. The van der Waals surface area contributed by atoms with Crippen molar-refractivity contribution in [1.29, 1.82) is 0 Å². The van der Waals surface area contributed by atoms with Gasteiger partial charge >= 0.3 is 0 Å². The third kappa shape index (κ3) is 6.66. The van der Waals surface area contributed by atoms with E-state index in [1.165, 1.54) is 6.04 Å². The van der Waals surface area contributed by atoms with Crippen LogP contribution in [0.3, 0.4) is 0 Å². The fraction of sp³-hybridized carbons (Fsp3) is 0.818. The summed E-state index contributed by atoms with van der Waals surface area (Å²) in [7, 11) is -0.977. The quantitative estimate of drug-likeness (QED) is 0.238. The largest absolute Gasteiger partial charge is 0.356 e. The molecule has 1 aliphatic rings. The molecule has 92 valence electrons. The van der Waals surface area contributed by atoms with Crippen molar-refractivity contribution in [3.05, 3.63) is 0 Å². The van der Waals surface area contributed by atoms with Gasteiger partial charge in [-0.1, -0.05) is 25.6 Å². The Kier molecular flexibility index (Phi) is 6.01. The third-order valence-electron chi connectivity index (χ3n) is 2.22. The zero-order chi connectivity index (χ0) is 12.0. The second-order valence-electron chi connectivity index (χ2n) is 5.04. The number of hydrogen-bond donors (Lipinski definition) is 0. The summed E-state index contributed by atoms with van der Waals surface area (Å²) in [6.07, 6.45) is 0.173. The number of ether oxygens (including phenoxy) is 3. The van der Waals surface area contributed by atoms with E-state index in [1.807, 2.05) is 0 Å². The highest BCUT2D eigenvalue weighted by Gasteiger charge is 2.37. The van der Waals surface area contributed by atoms with Crippen LogP contribution in [0.25, 0.3) is 0 Å². The highest BCUT2D eigenvalue weighted by atomic mass is 79.9. The summed E-state index contributed by atoms with van der Waals surface area (Å²) in [5, 5.41) is 0. The Morgan fingerprint density at radius 3 is 2.69 bits per heavy atom. The normalized spacial score (nSPS) is 23.8. The Morgan fingerprint density at radius 1 is 1.31 bits per heavy atom. The molecular formula is C11H19BrO3Si. The predicted molar refractivity (Wildman–Crippen MR) is 70.3 cm³/mol. The first kappa shape index (κ1) is 14.2. The zero-order valence-corrected chi connectivity index (χ0v) is 12.7. The summed E-state index contributed by atoms with van der Waals surface area (Å²) in [4.78, 5) is 2.64. The lowest BCUT2D eigenvalue weighted by atomic mass is 10.3. The number of epoxide rings is 1. The van der Waals surface area contributed by atoms with Crippen LogP contribution in [0, 0.1) is 10.8 Å². The van der Waals surface area contributed by atoms with Crippen LogP contribution >= 0.6 is 15.9 Å². The Hall–Kier alpha value is 0.137. The lowest BCUT2D eigenvalue weighted by Gasteiger charge is -2.15. The van der Waals surface area contributed by atoms with Crippen molar-refractivity contribution in [2.24, 2.45) is 0 Å². The van der Waals surface area contributed by atoms with Gasteiger partial charge in [0.15, 0.2) is 0 Å². The van der Waals surface area contributed by atoms with Crippen LogP contribution in [-0.4, -0.2) is 40.3 Å². The second-order valence-corrected chi connectivity index (χ2v) is 11.1. The van der Waals surface area contributed by atoms with Gasteiger partial charge in [-0.15, -0.1) is 0 Å². The first-order valence-electron chi connectivity index (χ1n) is 5.45. The fourth-order valence-electron chi connectivity index (χ4n) is 1.11. The van der Waals surface area contributed by atoms with Crippen LogP contribution in [0.5, 0.6) is 0 Å². The van der Waals surface area contributed by atoms with Crippen molar-refractivity contribution in [3.63, 3.8) is 0 Å². The molecule has 0 spiro atoms. The van der Waals surface area contributed by atoms with Crippen LogP contribution in [-0.2, 0) is 14.2 Å². The summed E-state index contributed by atoms with van der Waals surface area (Å²) in [5.74, 6) is 2.87. The first-order chi connectivity index (χ1) is 7.53. The van der Waals surface area contributed by atoms with Crippen molar-refractivity contribution in [2.75, 3.05) is 20.0 Å². The van der Waals surface area contributed by atoms with Gasteiger partial charge in [-0.05, 0) is 10.9 Å². The fourth-order valence-corrected chi connectivity index (χ4v) is 2.09. The summed E-state index contributed by atoms with van der Waals surface area (Å²) >= 11 is 3.04. The summed E-state index contributed by atoms with van der Waals surface area (Å²) in [5.41, 5.74) is 0. The summed E-state index contributed by atoms with van der Waals surface area (Å²) in [6, 6.07) is 1.17. The Balaban J connectivity index is 1.88. The lowest BCUT2D eigenvalue weighted by molar-refractivity contribution is -0.0534. The molecule has 1 saturated heterocycles. The highest BCUT2D eigenvalue weighted by Crippen LogP contribution is 2.21. The number of rotatable bonds is 7. The molecule has 0 radical (unpaired) electrons. The predicted octanol–water partition coefficient (Wildman–Crippen LogP) is 2.44. The molecule has 0 saturated carbocycles. The number of hydrogen-bond acceptors (Lipinski definition) is 3. The van der Waals surface area contributed by atoms with Crippen molar-refractivity contribution < 1.29 is 14.2 Å². The van der Waals surface area contributed by atoms with E-state index in [1.54, 1.807) is 0 Å². The molecule has 2 atom stereocenters. The zero-order valence-electron chi connectivity index (χ0n) is 10.1. The van der Waals surface area contributed by atoms with E-state index in [2.05, 4.69) is 46.3 Å². The average Bonchev–Trinajstić information content (AvgIpc) is 2.89. The minimum absolute atomic E-state index is 0.0429.